The third-order valence-corrected chi connectivity index (χ3v) is 2.50. The minimum Gasteiger partial charge on any atom is -0.426 e. The first-order valence-electron chi connectivity index (χ1n) is 5.60. The van der Waals surface area contributed by atoms with Crippen molar-refractivity contribution >= 4 is 5.97 Å². The molecule has 2 atom stereocenters. The van der Waals surface area contributed by atoms with Gasteiger partial charge in [-0.15, -0.1) is 0 Å². The highest BCUT2D eigenvalue weighted by Crippen LogP contribution is 2.15. The molecule has 3 nitrogen and oxygen atoms in total. The van der Waals surface area contributed by atoms with Crippen LogP contribution in [-0.2, 0) is 4.79 Å². The standard InChI is InChI=1S/C13H18O3/c1-3-7-12(14)10(2)13(15)16-11-8-5-4-6-9-11/h4-6,8-10,12,14H,3,7H2,1-2H3/t10-,12-/m0/s1. The van der Waals surface area contributed by atoms with Crippen LogP contribution in [-0.4, -0.2) is 17.2 Å². The summed E-state index contributed by atoms with van der Waals surface area (Å²) in [5.41, 5.74) is 0. The molecule has 0 heterocycles. The van der Waals surface area contributed by atoms with Crippen molar-refractivity contribution in [3.8, 4) is 5.75 Å². The predicted molar refractivity (Wildman–Crippen MR) is 62.2 cm³/mol. The van der Waals surface area contributed by atoms with E-state index in [2.05, 4.69) is 0 Å². The Morgan fingerprint density at radius 3 is 2.56 bits per heavy atom. The van der Waals surface area contributed by atoms with Gasteiger partial charge in [0.1, 0.15) is 5.75 Å². The molecule has 1 rings (SSSR count). The maximum Gasteiger partial charge on any atom is 0.316 e. The van der Waals surface area contributed by atoms with Crippen LogP contribution >= 0.6 is 0 Å². The fraction of sp³-hybridized carbons (Fsp3) is 0.462. The average Bonchev–Trinajstić information content (AvgIpc) is 2.29. The average molecular weight is 222 g/mol. The lowest BCUT2D eigenvalue weighted by Gasteiger charge is -2.16. The first-order chi connectivity index (χ1) is 7.65. The summed E-state index contributed by atoms with van der Waals surface area (Å²) < 4.78 is 5.14. The van der Waals surface area contributed by atoms with Gasteiger partial charge >= 0.3 is 5.97 Å². The van der Waals surface area contributed by atoms with E-state index in [1.807, 2.05) is 13.0 Å². The van der Waals surface area contributed by atoms with E-state index in [-0.39, 0.29) is 5.97 Å². The Morgan fingerprint density at radius 1 is 1.38 bits per heavy atom. The lowest BCUT2D eigenvalue weighted by Crippen LogP contribution is -2.29. The van der Waals surface area contributed by atoms with E-state index in [9.17, 15) is 9.90 Å². The molecule has 88 valence electrons. The van der Waals surface area contributed by atoms with E-state index in [1.165, 1.54) is 0 Å². The van der Waals surface area contributed by atoms with Gasteiger partial charge in [0.15, 0.2) is 0 Å². The first kappa shape index (κ1) is 12.7. The van der Waals surface area contributed by atoms with Crippen molar-refractivity contribution < 1.29 is 14.6 Å². The zero-order valence-corrected chi connectivity index (χ0v) is 9.72. The molecule has 0 unspecified atom stereocenters. The summed E-state index contributed by atoms with van der Waals surface area (Å²) in [6.45, 7) is 3.66. The zero-order chi connectivity index (χ0) is 12.0. The molecule has 0 saturated heterocycles. The molecule has 1 N–H and O–H groups in total. The van der Waals surface area contributed by atoms with Crippen LogP contribution in [0.4, 0.5) is 0 Å². The minimum atomic E-state index is -0.624. The molecular weight excluding hydrogens is 204 g/mol. The maximum atomic E-state index is 11.6. The molecule has 1 aromatic carbocycles. The van der Waals surface area contributed by atoms with E-state index < -0.39 is 12.0 Å². The number of aliphatic hydroxyl groups is 1. The summed E-state index contributed by atoms with van der Waals surface area (Å²) in [7, 11) is 0. The maximum absolute atomic E-state index is 11.6. The van der Waals surface area contributed by atoms with E-state index in [1.54, 1.807) is 31.2 Å². The monoisotopic (exact) mass is 222 g/mol. The van der Waals surface area contributed by atoms with E-state index in [4.69, 9.17) is 4.74 Å². The number of benzene rings is 1. The van der Waals surface area contributed by atoms with Crippen LogP contribution in [0.5, 0.6) is 5.75 Å². The fourth-order valence-corrected chi connectivity index (χ4v) is 1.40. The number of aliphatic hydroxyl groups excluding tert-OH is 1. The van der Waals surface area contributed by atoms with E-state index in [0.29, 0.717) is 12.2 Å². The number of ether oxygens (including phenoxy) is 1. The molecule has 0 amide bonds. The Morgan fingerprint density at radius 2 is 2.00 bits per heavy atom. The Hall–Kier alpha value is -1.35. The van der Waals surface area contributed by atoms with Gasteiger partial charge in [0.25, 0.3) is 0 Å². The minimum absolute atomic E-state index is 0.382. The molecule has 0 fully saturated rings. The van der Waals surface area contributed by atoms with Crippen LogP contribution in [0.25, 0.3) is 0 Å². The summed E-state index contributed by atoms with van der Waals surface area (Å²) in [6.07, 6.45) is 0.844. The van der Waals surface area contributed by atoms with Gasteiger partial charge in [0, 0.05) is 0 Å². The van der Waals surface area contributed by atoms with Crippen LogP contribution < -0.4 is 4.74 Å². The Labute approximate surface area is 96.1 Å². The Balaban J connectivity index is 2.52. The smallest absolute Gasteiger partial charge is 0.316 e. The van der Waals surface area contributed by atoms with Gasteiger partial charge in [0.05, 0.1) is 12.0 Å². The molecule has 0 aliphatic heterocycles. The number of esters is 1. The van der Waals surface area contributed by atoms with Crippen molar-refractivity contribution in [2.24, 2.45) is 5.92 Å². The number of carbonyl (C=O) groups excluding carboxylic acids is 1. The summed E-state index contributed by atoms with van der Waals surface area (Å²) in [5.74, 6) is -0.352. The highest BCUT2D eigenvalue weighted by atomic mass is 16.5. The van der Waals surface area contributed by atoms with Crippen LogP contribution in [0.15, 0.2) is 30.3 Å². The largest absolute Gasteiger partial charge is 0.426 e. The molecular formula is C13H18O3. The molecule has 0 bridgehead atoms. The lowest BCUT2D eigenvalue weighted by molar-refractivity contribution is -0.142. The van der Waals surface area contributed by atoms with Crippen molar-refractivity contribution in [1.29, 1.82) is 0 Å². The van der Waals surface area contributed by atoms with Crippen molar-refractivity contribution in [2.45, 2.75) is 32.8 Å². The van der Waals surface area contributed by atoms with Gasteiger partial charge in [-0.2, -0.15) is 0 Å². The highest BCUT2D eigenvalue weighted by Gasteiger charge is 2.23. The van der Waals surface area contributed by atoms with Gasteiger partial charge in [-0.3, -0.25) is 4.79 Å². The Bertz CT molecular complexity index is 321. The molecule has 1 aromatic rings. The number of rotatable bonds is 5. The first-order valence-corrected chi connectivity index (χ1v) is 5.60. The van der Waals surface area contributed by atoms with E-state index >= 15 is 0 Å². The summed E-state index contributed by atoms with van der Waals surface area (Å²) >= 11 is 0. The normalized spacial score (nSPS) is 14.2. The van der Waals surface area contributed by atoms with Gasteiger partial charge < -0.3 is 9.84 Å². The van der Waals surface area contributed by atoms with Crippen LogP contribution in [0.1, 0.15) is 26.7 Å². The third-order valence-electron chi connectivity index (χ3n) is 2.50. The third kappa shape index (κ3) is 3.66. The van der Waals surface area contributed by atoms with E-state index in [0.717, 1.165) is 6.42 Å². The quantitative estimate of drug-likeness (QED) is 0.614. The van der Waals surface area contributed by atoms with Crippen molar-refractivity contribution in [1.82, 2.24) is 0 Å². The number of carbonyl (C=O) groups is 1. The summed E-state index contributed by atoms with van der Waals surface area (Å²) in [4.78, 5) is 11.6. The topological polar surface area (TPSA) is 46.5 Å². The molecule has 0 radical (unpaired) electrons. The highest BCUT2D eigenvalue weighted by molar-refractivity contribution is 5.75. The van der Waals surface area contributed by atoms with Crippen molar-refractivity contribution in [2.75, 3.05) is 0 Å². The molecule has 0 aromatic heterocycles. The van der Waals surface area contributed by atoms with Crippen LogP contribution in [0, 0.1) is 5.92 Å². The molecule has 3 heteroatoms. The zero-order valence-electron chi connectivity index (χ0n) is 9.72. The second-order valence-electron chi connectivity index (χ2n) is 3.88. The van der Waals surface area contributed by atoms with Crippen molar-refractivity contribution in [3.05, 3.63) is 30.3 Å². The number of para-hydroxylation sites is 1. The van der Waals surface area contributed by atoms with Gasteiger partial charge in [-0.05, 0) is 25.5 Å². The van der Waals surface area contributed by atoms with Gasteiger partial charge in [0.2, 0.25) is 0 Å². The number of hydrogen-bond donors (Lipinski definition) is 1. The summed E-state index contributed by atoms with van der Waals surface area (Å²) in [6, 6.07) is 8.89. The second kappa shape index (κ2) is 6.28. The second-order valence-corrected chi connectivity index (χ2v) is 3.88. The molecule has 0 aliphatic rings. The van der Waals surface area contributed by atoms with Gasteiger partial charge in [-0.1, -0.05) is 31.5 Å². The molecule has 0 aliphatic carbocycles. The van der Waals surface area contributed by atoms with Crippen LogP contribution in [0.2, 0.25) is 0 Å². The van der Waals surface area contributed by atoms with Gasteiger partial charge in [-0.25, -0.2) is 0 Å². The predicted octanol–water partition coefficient (Wildman–Crippen LogP) is 2.39. The fourth-order valence-electron chi connectivity index (χ4n) is 1.40. The lowest BCUT2D eigenvalue weighted by atomic mass is 10.0. The van der Waals surface area contributed by atoms with Crippen molar-refractivity contribution in [3.63, 3.8) is 0 Å². The molecule has 16 heavy (non-hydrogen) atoms. The number of hydrogen-bond acceptors (Lipinski definition) is 3. The SMILES string of the molecule is CCC[C@H](O)[C@H](C)C(=O)Oc1ccccc1. The Kier molecular flexibility index (Phi) is 4.99. The van der Waals surface area contributed by atoms with Crippen LogP contribution in [0.3, 0.4) is 0 Å². The molecule has 0 spiro atoms. The molecule has 0 saturated carbocycles. The summed E-state index contributed by atoms with van der Waals surface area (Å²) in [5, 5.41) is 9.67.